The zero-order valence-corrected chi connectivity index (χ0v) is 14.4. The average molecular weight is 368 g/mol. The minimum Gasteiger partial charge on any atom is -0.445 e. The molecular weight excluding hydrogens is 349 g/mol. The van der Waals surface area contributed by atoms with Gasteiger partial charge >= 0.3 is 6.18 Å². The Labute approximate surface area is 148 Å². The summed E-state index contributed by atoms with van der Waals surface area (Å²) in [6.45, 7) is 4.47. The number of carbonyl (C=O) groups excluding carboxylic acids is 1. The van der Waals surface area contributed by atoms with E-state index in [0.717, 1.165) is 30.0 Å². The van der Waals surface area contributed by atoms with Gasteiger partial charge in [0.25, 0.3) is 5.91 Å². The minimum absolute atomic E-state index is 0.122. The Morgan fingerprint density at radius 3 is 2.50 bits per heavy atom. The van der Waals surface area contributed by atoms with Crippen molar-refractivity contribution in [3.8, 4) is 0 Å². The second-order valence-electron chi connectivity index (χ2n) is 6.61. The summed E-state index contributed by atoms with van der Waals surface area (Å²) in [5.74, 6) is 0.904. The number of rotatable bonds is 3. The number of alkyl halides is 3. The van der Waals surface area contributed by atoms with Crippen molar-refractivity contribution in [2.75, 3.05) is 6.54 Å². The van der Waals surface area contributed by atoms with Crippen LogP contribution in [0.5, 0.6) is 0 Å². The fourth-order valence-corrected chi connectivity index (χ4v) is 2.82. The van der Waals surface area contributed by atoms with Gasteiger partial charge < -0.3 is 14.4 Å². The lowest BCUT2D eigenvalue weighted by molar-refractivity contribution is -0.141. The van der Waals surface area contributed by atoms with Gasteiger partial charge in [-0.1, -0.05) is 26.0 Å². The smallest absolute Gasteiger partial charge is 0.416 e. The number of aliphatic hydroxyl groups is 1. The number of amides is 1. The molecule has 1 N–H and O–H groups in total. The Hall–Kier alpha value is -2.35. The van der Waals surface area contributed by atoms with Crippen LogP contribution in [0.2, 0.25) is 0 Å². The first kappa shape index (κ1) is 18.4. The molecule has 8 heteroatoms. The maximum Gasteiger partial charge on any atom is 0.416 e. The SMILES string of the molecule is CC(C)c1nc2c(o1)CCN(C(=O)C(O)c1ccc(C(F)(F)F)cc1)C2. The monoisotopic (exact) mass is 368 g/mol. The Kier molecular flexibility index (Phi) is 4.79. The molecule has 0 saturated carbocycles. The van der Waals surface area contributed by atoms with Crippen molar-refractivity contribution in [3.63, 3.8) is 0 Å². The van der Waals surface area contributed by atoms with Crippen molar-refractivity contribution in [1.82, 2.24) is 9.88 Å². The molecule has 1 aliphatic rings. The van der Waals surface area contributed by atoms with E-state index in [-0.39, 0.29) is 18.0 Å². The molecule has 1 aliphatic heterocycles. The van der Waals surface area contributed by atoms with Crippen molar-refractivity contribution in [1.29, 1.82) is 0 Å². The molecule has 2 heterocycles. The summed E-state index contributed by atoms with van der Waals surface area (Å²) >= 11 is 0. The Balaban J connectivity index is 1.72. The molecule has 2 aromatic rings. The molecule has 0 fully saturated rings. The van der Waals surface area contributed by atoms with Crippen LogP contribution in [0, 0.1) is 0 Å². The standard InChI is InChI=1S/C18H19F3N2O3/c1-10(2)16-22-13-9-23(8-7-14(13)26-16)17(25)15(24)11-3-5-12(6-4-11)18(19,20)21/h3-6,10,15,24H,7-9H2,1-2H3. The van der Waals surface area contributed by atoms with E-state index in [1.807, 2.05) is 13.8 Å². The summed E-state index contributed by atoms with van der Waals surface area (Å²) < 4.78 is 43.5. The number of aromatic nitrogens is 1. The number of benzene rings is 1. The van der Waals surface area contributed by atoms with E-state index in [0.29, 0.717) is 24.6 Å². The normalized spacial score (nSPS) is 15.9. The number of carbonyl (C=O) groups is 1. The molecule has 0 saturated heterocycles. The molecule has 0 radical (unpaired) electrons. The highest BCUT2D eigenvalue weighted by Crippen LogP contribution is 2.31. The molecular formula is C18H19F3N2O3. The van der Waals surface area contributed by atoms with Crippen molar-refractivity contribution < 1.29 is 27.5 Å². The second-order valence-corrected chi connectivity index (χ2v) is 6.61. The first-order chi connectivity index (χ1) is 12.2. The zero-order valence-electron chi connectivity index (χ0n) is 14.4. The summed E-state index contributed by atoms with van der Waals surface area (Å²) in [4.78, 5) is 18.4. The molecule has 1 aromatic heterocycles. The Bertz CT molecular complexity index is 797. The van der Waals surface area contributed by atoms with Gasteiger partial charge in [-0.05, 0) is 17.7 Å². The third-order valence-electron chi connectivity index (χ3n) is 4.34. The highest BCUT2D eigenvalue weighted by atomic mass is 19.4. The summed E-state index contributed by atoms with van der Waals surface area (Å²) in [7, 11) is 0. The van der Waals surface area contributed by atoms with Crippen LogP contribution in [0.1, 0.15) is 54.3 Å². The predicted molar refractivity (Wildman–Crippen MR) is 86.1 cm³/mol. The van der Waals surface area contributed by atoms with E-state index in [4.69, 9.17) is 4.42 Å². The number of halogens is 3. The fraction of sp³-hybridized carbons (Fsp3) is 0.444. The maximum atomic E-state index is 12.6. The number of nitrogens with zero attached hydrogens (tertiary/aromatic N) is 2. The van der Waals surface area contributed by atoms with Gasteiger partial charge in [0.05, 0.1) is 12.1 Å². The van der Waals surface area contributed by atoms with E-state index in [1.165, 1.54) is 4.90 Å². The topological polar surface area (TPSA) is 66.6 Å². The highest BCUT2D eigenvalue weighted by Gasteiger charge is 2.32. The van der Waals surface area contributed by atoms with Crippen LogP contribution in [-0.2, 0) is 23.9 Å². The van der Waals surface area contributed by atoms with Crippen LogP contribution in [0.25, 0.3) is 0 Å². The summed E-state index contributed by atoms with van der Waals surface area (Å²) in [5.41, 5.74) is -0.0444. The van der Waals surface area contributed by atoms with Crippen molar-refractivity contribution in [2.45, 2.75) is 45.0 Å². The molecule has 0 bridgehead atoms. The van der Waals surface area contributed by atoms with Gasteiger partial charge in [-0.3, -0.25) is 4.79 Å². The minimum atomic E-state index is -4.46. The number of aliphatic hydroxyl groups excluding tert-OH is 1. The zero-order chi connectivity index (χ0) is 19.1. The molecule has 1 amide bonds. The average Bonchev–Trinajstić information content (AvgIpc) is 3.03. The van der Waals surface area contributed by atoms with Crippen molar-refractivity contribution >= 4 is 5.91 Å². The first-order valence-electron chi connectivity index (χ1n) is 8.29. The molecule has 1 atom stereocenters. The van der Waals surface area contributed by atoms with Gasteiger partial charge in [0.1, 0.15) is 11.5 Å². The molecule has 5 nitrogen and oxygen atoms in total. The molecule has 26 heavy (non-hydrogen) atoms. The highest BCUT2D eigenvalue weighted by molar-refractivity contribution is 5.82. The van der Waals surface area contributed by atoms with Crippen LogP contribution in [0.4, 0.5) is 13.2 Å². The van der Waals surface area contributed by atoms with Gasteiger partial charge in [0, 0.05) is 18.9 Å². The van der Waals surface area contributed by atoms with Crippen LogP contribution < -0.4 is 0 Å². The molecule has 140 valence electrons. The third-order valence-corrected chi connectivity index (χ3v) is 4.34. The number of fused-ring (bicyclic) bond motifs is 1. The molecule has 0 aliphatic carbocycles. The number of hydrogen-bond donors (Lipinski definition) is 1. The van der Waals surface area contributed by atoms with E-state index in [9.17, 15) is 23.1 Å². The van der Waals surface area contributed by atoms with Gasteiger partial charge in [-0.2, -0.15) is 13.2 Å². The largest absolute Gasteiger partial charge is 0.445 e. The van der Waals surface area contributed by atoms with E-state index < -0.39 is 23.8 Å². The lowest BCUT2D eigenvalue weighted by Crippen LogP contribution is -2.39. The quantitative estimate of drug-likeness (QED) is 0.901. The van der Waals surface area contributed by atoms with E-state index >= 15 is 0 Å². The van der Waals surface area contributed by atoms with Crippen molar-refractivity contribution in [2.24, 2.45) is 0 Å². The van der Waals surface area contributed by atoms with Crippen LogP contribution in [0.3, 0.4) is 0 Å². The predicted octanol–water partition coefficient (Wildman–Crippen LogP) is 3.44. The van der Waals surface area contributed by atoms with E-state index in [1.54, 1.807) is 0 Å². The fourth-order valence-electron chi connectivity index (χ4n) is 2.82. The number of oxazole rings is 1. The third kappa shape index (κ3) is 3.60. The van der Waals surface area contributed by atoms with Crippen LogP contribution >= 0.6 is 0 Å². The van der Waals surface area contributed by atoms with Gasteiger partial charge in [0.2, 0.25) is 0 Å². The molecule has 1 aromatic carbocycles. The van der Waals surface area contributed by atoms with Crippen LogP contribution in [0.15, 0.2) is 28.7 Å². The summed E-state index contributed by atoms with van der Waals surface area (Å²) in [5, 5.41) is 10.3. The maximum absolute atomic E-state index is 12.6. The van der Waals surface area contributed by atoms with Gasteiger partial charge in [-0.25, -0.2) is 4.98 Å². The lowest BCUT2D eigenvalue weighted by atomic mass is 10.0. The molecule has 3 rings (SSSR count). The first-order valence-corrected chi connectivity index (χ1v) is 8.29. The van der Waals surface area contributed by atoms with Crippen molar-refractivity contribution in [3.05, 3.63) is 52.7 Å². The molecule has 1 unspecified atom stereocenters. The lowest BCUT2D eigenvalue weighted by Gasteiger charge is -2.27. The second kappa shape index (κ2) is 6.75. The Morgan fingerprint density at radius 2 is 1.92 bits per heavy atom. The van der Waals surface area contributed by atoms with Crippen LogP contribution in [-0.4, -0.2) is 27.4 Å². The Morgan fingerprint density at radius 1 is 1.27 bits per heavy atom. The number of hydrogen-bond acceptors (Lipinski definition) is 4. The molecule has 0 spiro atoms. The van der Waals surface area contributed by atoms with E-state index in [2.05, 4.69) is 4.98 Å². The summed E-state index contributed by atoms with van der Waals surface area (Å²) in [6, 6.07) is 3.95. The van der Waals surface area contributed by atoms with Gasteiger partial charge in [0.15, 0.2) is 12.0 Å². The van der Waals surface area contributed by atoms with Gasteiger partial charge in [-0.15, -0.1) is 0 Å². The summed E-state index contributed by atoms with van der Waals surface area (Å²) in [6.07, 6.45) is -5.49.